The number of hydrogen-bond donors (Lipinski definition) is 1. The van der Waals surface area contributed by atoms with Gasteiger partial charge in [0.15, 0.2) is 5.76 Å². The van der Waals surface area contributed by atoms with Gasteiger partial charge in [0.2, 0.25) is 0 Å². The lowest BCUT2D eigenvalue weighted by atomic mass is 10.1. The monoisotopic (exact) mass is 357 g/mol. The van der Waals surface area contributed by atoms with Crippen LogP contribution in [-0.4, -0.2) is 18.5 Å². The van der Waals surface area contributed by atoms with Crippen molar-refractivity contribution in [3.8, 4) is 5.75 Å². The Hall–Kier alpha value is -3.02. The van der Waals surface area contributed by atoms with E-state index in [1.54, 1.807) is 26.0 Å². The Bertz CT molecular complexity index is 799. The molecule has 0 fully saturated rings. The van der Waals surface area contributed by atoms with Crippen LogP contribution in [0.1, 0.15) is 41.3 Å². The summed E-state index contributed by atoms with van der Waals surface area (Å²) in [5.41, 5.74) is 2.60. The molecule has 6 heteroatoms. The Morgan fingerprint density at radius 3 is 2.50 bits per heavy atom. The van der Waals surface area contributed by atoms with Crippen molar-refractivity contribution in [2.45, 2.75) is 34.3 Å². The second-order valence-corrected chi connectivity index (χ2v) is 5.91. The average Bonchev–Trinajstić information content (AvgIpc) is 3.01. The van der Waals surface area contributed by atoms with Crippen molar-refractivity contribution in [3.05, 3.63) is 64.8 Å². The number of esters is 1. The van der Waals surface area contributed by atoms with Gasteiger partial charge in [-0.2, -0.15) is 0 Å². The molecule has 0 radical (unpaired) electrons. The molecule has 2 rings (SSSR count). The standard InChI is InChI=1S/C20H23NO5/c1-5-24-19(22)11-15(4)21-20(23)18-7-6-16(26-18)12-25-17-9-13(2)8-14(3)10-17/h6-11H,5,12H2,1-4H3,(H,21,23)/b15-11+. The molecule has 0 unspecified atom stereocenters. The molecule has 26 heavy (non-hydrogen) atoms. The van der Waals surface area contributed by atoms with Crippen LogP contribution in [0.25, 0.3) is 0 Å². The van der Waals surface area contributed by atoms with Gasteiger partial charge in [-0.1, -0.05) is 6.07 Å². The van der Waals surface area contributed by atoms with E-state index in [2.05, 4.69) is 11.4 Å². The van der Waals surface area contributed by atoms with E-state index in [0.717, 1.165) is 16.9 Å². The lowest BCUT2D eigenvalue weighted by Gasteiger charge is -2.07. The molecule has 2 aromatic rings. The Morgan fingerprint density at radius 1 is 1.15 bits per heavy atom. The Kier molecular flexibility index (Phi) is 6.60. The molecule has 1 aromatic heterocycles. The number of nitrogens with one attached hydrogen (secondary N) is 1. The molecule has 138 valence electrons. The van der Waals surface area contributed by atoms with Crippen LogP contribution in [-0.2, 0) is 16.1 Å². The maximum Gasteiger partial charge on any atom is 0.332 e. The maximum absolute atomic E-state index is 12.1. The largest absolute Gasteiger partial charge is 0.486 e. The molecule has 0 saturated heterocycles. The molecule has 0 aliphatic carbocycles. The van der Waals surface area contributed by atoms with E-state index in [1.165, 1.54) is 6.08 Å². The first kappa shape index (κ1) is 19.3. The summed E-state index contributed by atoms with van der Waals surface area (Å²) in [6.45, 7) is 7.81. The van der Waals surface area contributed by atoms with Crippen LogP contribution in [0.4, 0.5) is 0 Å². The van der Waals surface area contributed by atoms with Crippen molar-refractivity contribution < 1.29 is 23.5 Å². The Morgan fingerprint density at radius 2 is 1.85 bits per heavy atom. The third-order valence-corrected chi connectivity index (χ3v) is 3.39. The highest BCUT2D eigenvalue weighted by Crippen LogP contribution is 2.18. The first-order valence-electron chi connectivity index (χ1n) is 8.33. The summed E-state index contributed by atoms with van der Waals surface area (Å²) in [5, 5.41) is 2.57. The molecule has 1 aromatic carbocycles. The van der Waals surface area contributed by atoms with Gasteiger partial charge < -0.3 is 19.2 Å². The van der Waals surface area contributed by atoms with Gasteiger partial charge in [-0.05, 0) is 63.1 Å². The van der Waals surface area contributed by atoms with E-state index < -0.39 is 11.9 Å². The van der Waals surface area contributed by atoms with Gasteiger partial charge in [-0.15, -0.1) is 0 Å². The molecule has 0 aliphatic heterocycles. The van der Waals surface area contributed by atoms with Gasteiger partial charge >= 0.3 is 5.97 Å². The number of allylic oxidation sites excluding steroid dienone is 1. The van der Waals surface area contributed by atoms with Gasteiger partial charge in [0.1, 0.15) is 18.1 Å². The van der Waals surface area contributed by atoms with E-state index in [4.69, 9.17) is 13.9 Å². The fourth-order valence-corrected chi connectivity index (χ4v) is 2.39. The number of hydrogen-bond acceptors (Lipinski definition) is 5. The third-order valence-electron chi connectivity index (χ3n) is 3.39. The second-order valence-electron chi connectivity index (χ2n) is 5.91. The fourth-order valence-electron chi connectivity index (χ4n) is 2.39. The first-order chi connectivity index (χ1) is 12.4. The average molecular weight is 357 g/mol. The number of carbonyl (C=O) groups excluding carboxylic acids is 2. The number of amides is 1. The van der Waals surface area contributed by atoms with E-state index in [1.807, 2.05) is 26.0 Å². The zero-order chi connectivity index (χ0) is 19.1. The maximum atomic E-state index is 12.1. The highest BCUT2D eigenvalue weighted by molar-refractivity contribution is 5.93. The van der Waals surface area contributed by atoms with Crippen LogP contribution < -0.4 is 10.1 Å². The van der Waals surface area contributed by atoms with Crippen LogP contribution in [0.3, 0.4) is 0 Å². The zero-order valence-electron chi connectivity index (χ0n) is 15.4. The summed E-state index contributed by atoms with van der Waals surface area (Å²) in [6.07, 6.45) is 1.22. The minimum absolute atomic E-state index is 0.139. The summed E-state index contributed by atoms with van der Waals surface area (Å²) < 4.78 is 16.0. The van der Waals surface area contributed by atoms with Crippen LogP contribution in [0.2, 0.25) is 0 Å². The Labute approximate surface area is 152 Å². The van der Waals surface area contributed by atoms with E-state index in [9.17, 15) is 9.59 Å². The molecular formula is C20H23NO5. The van der Waals surface area contributed by atoms with Crippen LogP contribution >= 0.6 is 0 Å². The van der Waals surface area contributed by atoms with Gasteiger partial charge in [0.05, 0.1) is 6.61 Å². The molecule has 0 atom stereocenters. The highest BCUT2D eigenvalue weighted by Gasteiger charge is 2.12. The molecule has 0 aliphatic rings. The van der Waals surface area contributed by atoms with E-state index in [-0.39, 0.29) is 19.0 Å². The van der Waals surface area contributed by atoms with Crippen LogP contribution in [0, 0.1) is 13.8 Å². The Balaban J connectivity index is 1.94. The van der Waals surface area contributed by atoms with Crippen molar-refractivity contribution in [2.24, 2.45) is 0 Å². The van der Waals surface area contributed by atoms with Crippen molar-refractivity contribution >= 4 is 11.9 Å². The van der Waals surface area contributed by atoms with Crippen molar-refractivity contribution in [2.75, 3.05) is 6.61 Å². The fraction of sp³-hybridized carbons (Fsp3) is 0.300. The van der Waals surface area contributed by atoms with Crippen molar-refractivity contribution in [1.82, 2.24) is 5.32 Å². The smallest absolute Gasteiger partial charge is 0.332 e. The van der Waals surface area contributed by atoms with E-state index >= 15 is 0 Å². The summed E-state index contributed by atoms with van der Waals surface area (Å²) >= 11 is 0. The normalized spacial score (nSPS) is 11.2. The first-order valence-corrected chi connectivity index (χ1v) is 8.33. The number of rotatable bonds is 7. The summed E-state index contributed by atoms with van der Waals surface area (Å²) in [4.78, 5) is 23.5. The topological polar surface area (TPSA) is 77.8 Å². The number of furan rings is 1. The number of benzene rings is 1. The number of carbonyl (C=O) groups is 2. The predicted molar refractivity (Wildman–Crippen MR) is 96.8 cm³/mol. The minimum atomic E-state index is -0.507. The highest BCUT2D eigenvalue weighted by atomic mass is 16.5. The van der Waals surface area contributed by atoms with Crippen LogP contribution in [0.15, 0.2) is 46.5 Å². The van der Waals surface area contributed by atoms with Crippen LogP contribution in [0.5, 0.6) is 5.75 Å². The molecule has 1 N–H and O–H groups in total. The molecule has 1 heterocycles. The second kappa shape index (κ2) is 8.89. The summed E-state index contributed by atoms with van der Waals surface area (Å²) in [6, 6.07) is 9.18. The van der Waals surface area contributed by atoms with Gasteiger partial charge in [0.25, 0.3) is 5.91 Å². The molecule has 0 bridgehead atoms. The van der Waals surface area contributed by atoms with Gasteiger partial charge in [0, 0.05) is 11.8 Å². The SMILES string of the molecule is CCOC(=O)/C=C(\C)NC(=O)c1ccc(COc2cc(C)cc(C)c2)o1. The number of aryl methyl sites for hydroxylation is 2. The lowest BCUT2D eigenvalue weighted by molar-refractivity contribution is -0.137. The molecule has 0 spiro atoms. The van der Waals surface area contributed by atoms with Gasteiger partial charge in [-0.25, -0.2) is 4.79 Å². The number of ether oxygens (including phenoxy) is 2. The molecular weight excluding hydrogens is 334 g/mol. The van der Waals surface area contributed by atoms with Crippen molar-refractivity contribution in [1.29, 1.82) is 0 Å². The third kappa shape index (κ3) is 5.81. The predicted octanol–water partition coefficient (Wildman–Crippen LogP) is 3.67. The van der Waals surface area contributed by atoms with E-state index in [0.29, 0.717) is 11.5 Å². The molecule has 0 saturated carbocycles. The van der Waals surface area contributed by atoms with Gasteiger partial charge in [-0.3, -0.25) is 4.79 Å². The zero-order valence-corrected chi connectivity index (χ0v) is 15.4. The lowest BCUT2D eigenvalue weighted by Crippen LogP contribution is -2.21. The minimum Gasteiger partial charge on any atom is -0.486 e. The summed E-state index contributed by atoms with van der Waals surface area (Å²) in [7, 11) is 0. The van der Waals surface area contributed by atoms with Crippen molar-refractivity contribution in [3.63, 3.8) is 0 Å². The quantitative estimate of drug-likeness (QED) is 0.604. The summed E-state index contributed by atoms with van der Waals surface area (Å²) in [5.74, 6) is 0.466. The molecule has 1 amide bonds. The molecule has 6 nitrogen and oxygen atoms in total.